The van der Waals surface area contributed by atoms with Gasteiger partial charge in [-0.1, -0.05) is 12.1 Å². The van der Waals surface area contributed by atoms with E-state index in [0.29, 0.717) is 6.04 Å². The number of urea groups is 1. The summed E-state index contributed by atoms with van der Waals surface area (Å²) in [4.78, 5) is 12.8. The molecule has 0 bridgehead atoms. The fourth-order valence-electron chi connectivity index (χ4n) is 2.63. The number of amides is 2. The lowest BCUT2D eigenvalue weighted by Gasteiger charge is -2.33. The molecule has 0 unspecified atom stereocenters. The highest BCUT2D eigenvalue weighted by Crippen LogP contribution is 2.21. The molecule has 1 aromatic rings. The van der Waals surface area contributed by atoms with E-state index in [1.54, 1.807) is 12.0 Å². The van der Waals surface area contributed by atoms with Crippen LogP contribution in [-0.4, -0.2) is 37.2 Å². The summed E-state index contributed by atoms with van der Waals surface area (Å²) < 4.78 is 5.25. The molecular formula is C15H23N3O2. The van der Waals surface area contributed by atoms with Crippen molar-refractivity contribution in [2.75, 3.05) is 20.2 Å². The van der Waals surface area contributed by atoms with Gasteiger partial charge in [-0.3, -0.25) is 0 Å². The van der Waals surface area contributed by atoms with E-state index in [4.69, 9.17) is 10.5 Å². The fraction of sp³-hybridized carbons (Fsp3) is 0.533. The average molecular weight is 277 g/mol. The Labute approximate surface area is 120 Å². The van der Waals surface area contributed by atoms with Crippen LogP contribution in [0.3, 0.4) is 0 Å². The zero-order valence-electron chi connectivity index (χ0n) is 12.1. The molecule has 5 nitrogen and oxygen atoms in total. The van der Waals surface area contributed by atoms with Gasteiger partial charge >= 0.3 is 6.03 Å². The quantitative estimate of drug-likeness (QED) is 0.883. The molecule has 0 radical (unpaired) electrons. The average Bonchev–Trinajstić information content (AvgIpc) is 2.47. The number of hydrogen-bond acceptors (Lipinski definition) is 3. The Bertz CT molecular complexity index is 456. The molecule has 2 amide bonds. The summed E-state index contributed by atoms with van der Waals surface area (Å²) in [5.41, 5.74) is 6.50. The number of hydrogen-bond donors (Lipinski definition) is 2. The third-order valence-corrected chi connectivity index (χ3v) is 3.89. The first-order valence-electron chi connectivity index (χ1n) is 7.04. The summed E-state index contributed by atoms with van der Waals surface area (Å²) in [7, 11) is 1.68. The Kier molecular flexibility index (Phi) is 4.84. The van der Waals surface area contributed by atoms with Crippen molar-refractivity contribution in [3.63, 3.8) is 0 Å². The van der Waals surface area contributed by atoms with Gasteiger partial charge in [0.15, 0.2) is 0 Å². The highest BCUT2D eigenvalue weighted by Gasteiger charge is 2.22. The van der Waals surface area contributed by atoms with Crippen LogP contribution in [0.25, 0.3) is 0 Å². The van der Waals surface area contributed by atoms with Crippen LogP contribution >= 0.6 is 0 Å². The summed E-state index contributed by atoms with van der Waals surface area (Å²) in [5, 5.41) is 3.61. The lowest BCUT2D eigenvalue weighted by atomic mass is 10.0. The number of benzene rings is 1. The molecule has 0 saturated carbocycles. The monoisotopic (exact) mass is 277 g/mol. The topological polar surface area (TPSA) is 67.6 Å². The molecule has 1 fully saturated rings. The largest absolute Gasteiger partial charge is 0.497 e. The van der Waals surface area contributed by atoms with Gasteiger partial charge in [0.05, 0.1) is 7.11 Å². The number of carbonyl (C=O) groups excluding carboxylic acids is 1. The van der Waals surface area contributed by atoms with Crippen LogP contribution in [0.5, 0.6) is 5.75 Å². The number of nitrogens with two attached hydrogens (primary N) is 1. The van der Waals surface area contributed by atoms with Crippen molar-refractivity contribution in [2.24, 2.45) is 5.73 Å². The number of nitrogens with one attached hydrogen (secondary N) is 1. The molecule has 1 aliphatic heterocycles. The number of nitrogens with zero attached hydrogens (tertiary/aromatic N) is 1. The standard InChI is InChI=1S/C15H23N3O2/c1-11(12-4-3-5-14(10-12)20-2)17-13-6-8-18(9-7-13)15(16)19/h3-5,10-11,13,17H,6-9H2,1-2H3,(H2,16,19)/t11-/m1/s1. The maximum Gasteiger partial charge on any atom is 0.314 e. The maximum atomic E-state index is 11.1. The van der Waals surface area contributed by atoms with Gasteiger partial charge in [-0.15, -0.1) is 0 Å². The van der Waals surface area contributed by atoms with E-state index in [1.807, 2.05) is 12.1 Å². The number of likely N-dealkylation sites (tertiary alicyclic amines) is 1. The first-order chi connectivity index (χ1) is 9.60. The number of piperidine rings is 1. The zero-order chi connectivity index (χ0) is 14.5. The van der Waals surface area contributed by atoms with E-state index in [0.717, 1.165) is 31.7 Å². The Hall–Kier alpha value is -1.75. The van der Waals surface area contributed by atoms with E-state index in [2.05, 4.69) is 24.4 Å². The van der Waals surface area contributed by atoms with Crippen molar-refractivity contribution < 1.29 is 9.53 Å². The van der Waals surface area contributed by atoms with Crippen molar-refractivity contribution in [2.45, 2.75) is 31.8 Å². The highest BCUT2D eigenvalue weighted by atomic mass is 16.5. The molecule has 1 saturated heterocycles. The third kappa shape index (κ3) is 3.63. The minimum Gasteiger partial charge on any atom is -0.497 e. The number of carbonyl (C=O) groups is 1. The minimum absolute atomic E-state index is 0.259. The molecule has 20 heavy (non-hydrogen) atoms. The van der Waals surface area contributed by atoms with Crippen LogP contribution in [0.1, 0.15) is 31.4 Å². The Morgan fingerprint density at radius 3 is 2.75 bits per heavy atom. The predicted octanol–water partition coefficient (Wildman–Crippen LogP) is 1.89. The van der Waals surface area contributed by atoms with Gasteiger partial charge in [-0.2, -0.15) is 0 Å². The first kappa shape index (κ1) is 14.7. The van der Waals surface area contributed by atoms with E-state index < -0.39 is 0 Å². The summed E-state index contributed by atoms with van der Waals surface area (Å²) >= 11 is 0. The summed E-state index contributed by atoms with van der Waals surface area (Å²) in [6.45, 7) is 3.62. The summed E-state index contributed by atoms with van der Waals surface area (Å²) in [6.07, 6.45) is 1.88. The van der Waals surface area contributed by atoms with Crippen molar-refractivity contribution >= 4 is 6.03 Å². The normalized spacial score (nSPS) is 17.8. The molecule has 3 N–H and O–H groups in total. The second kappa shape index (κ2) is 6.61. The van der Waals surface area contributed by atoms with Crippen LogP contribution < -0.4 is 15.8 Å². The maximum absolute atomic E-state index is 11.1. The number of methoxy groups -OCH3 is 1. The third-order valence-electron chi connectivity index (χ3n) is 3.89. The molecule has 110 valence electrons. The molecule has 0 aromatic heterocycles. The molecule has 2 rings (SSSR count). The van der Waals surface area contributed by atoms with Crippen molar-refractivity contribution in [1.82, 2.24) is 10.2 Å². The van der Waals surface area contributed by atoms with Gasteiger partial charge in [0, 0.05) is 25.2 Å². The van der Waals surface area contributed by atoms with Crippen LogP contribution in [0, 0.1) is 0 Å². The first-order valence-corrected chi connectivity index (χ1v) is 7.04. The number of rotatable bonds is 4. The highest BCUT2D eigenvalue weighted by molar-refractivity contribution is 5.72. The van der Waals surface area contributed by atoms with Gasteiger partial charge in [0.25, 0.3) is 0 Å². The molecular weight excluding hydrogens is 254 g/mol. The molecule has 5 heteroatoms. The van der Waals surface area contributed by atoms with Crippen molar-refractivity contribution in [3.8, 4) is 5.75 Å². The van der Waals surface area contributed by atoms with E-state index in [-0.39, 0.29) is 12.1 Å². The zero-order valence-corrected chi connectivity index (χ0v) is 12.1. The molecule has 1 aromatic carbocycles. The van der Waals surface area contributed by atoms with Crippen LogP contribution in [0.4, 0.5) is 4.79 Å². The molecule has 1 aliphatic rings. The Morgan fingerprint density at radius 2 is 2.15 bits per heavy atom. The number of ether oxygens (including phenoxy) is 1. The van der Waals surface area contributed by atoms with Crippen LogP contribution in [0.15, 0.2) is 24.3 Å². The smallest absolute Gasteiger partial charge is 0.314 e. The van der Waals surface area contributed by atoms with E-state index in [1.165, 1.54) is 5.56 Å². The van der Waals surface area contributed by atoms with Gasteiger partial charge in [0.2, 0.25) is 0 Å². The van der Waals surface area contributed by atoms with E-state index in [9.17, 15) is 4.79 Å². The number of primary amides is 1. The van der Waals surface area contributed by atoms with Crippen molar-refractivity contribution in [3.05, 3.63) is 29.8 Å². The summed E-state index contributed by atoms with van der Waals surface area (Å²) in [6, 6.07) is 8.46. The lowest BCUT2D eigenvalue weighted by Crippen LogP contribution is -2.47. The molecule has 0 aliphatic carbocycles. The molecule has 1 heterocycles. The van der Waals surface area contributed by atoms with Crippen LogP contribution in [-0.2, 0) is 0 Å². The second-order valence-electron chi connectivity index (χ2n) is 5.26. The van der Waals surface area contributed by atoms with Gasteiger partial charge in [-0.05, 0) is 37.5 Å². The predicted molar refractivity (Wildman–Crippen MR) is 78.7 cm³/mol. The van der Waals surface area contributed by atoms with Gasteiger partial charge in [0.1, 0.15) is 5.75 Å². The second-order valence-corrected chi connectivity index (χ2v) is 5.26. The van der Waals surface area contributed by atoms with Gasteiger partial charge < -0.3 is 20.7 Å². The Balaban J connectivity index is 1.88. The summed E-state index contributed by atoms with van der Waals surface area (Å²) in [5.74, 6) is 0.875. The lowest BCUT2D eigenvalue weighted by molar-refractivity contribution is 0.183. The fourth-order valence-corrected chi connectivity index (χ4v) is 2.63. The van der Waals surface area contributed by atoms with Crippen LogP contribution in [0.2, 0.25) is 0 Å². The van der Waals surface area contributed by atoms with E-state index >= 15 is 0 Å². The minimum atomic E-state index is -0.315. The van der Waals surface area contributed by atoms with Gasteiger partial charge in [-0.25, -0.2) is 4.79 Å². The SMILES string of the molecule is COc1cccc([C@@H](C)NC2CCN(C(N)=O)CC2)c1. The molecule has 0 spiro atoms. The Morgan fingerprint density at radius 1 is 1.45 bits per heavy atom. The molecule has 1 atom stereocenters. The van der Waals surface area contributed by atoms with Crippen molar-refractivity contribution in [1.29, 1.82) is 0 Å².